The smallest absolute Gasteiger partial charge is 0.305 e. The molecule has 10 heteroatoms. The number of hydrogen-bond acceptors (Lipinski definition) is 5. The highest BCUT2D eigenvalue weighted by atomic mass is 35.5. The normalized spacial score (nSPS) is 22.1. The van der Waals surface area contributed by atoms with E-state index in [4.69, 9.17) is 0 Å². The Morgan fingerprint density at radius 1 is 1.15 bits per heavy atom. The van der Waals surface area contributed by atoms with Crippen molar-refractivity contribution in [2.24, 2.45) is 13.0 Å². The van der Waals surface area contributed by atoms with Crippen LogP contribution >= 0.6 is 24.2 Å². The molecule has 0 spiro atoms. The van der Waals surface area contributed by atoms with Gasteiger partial charge in [0.05, 0.1) is 5.56 Å². The van der Waals surface area contributed by atoms with Gasteiger partial charge in [-0.1, -0.05) is 23.9 Å². The molecule has 5 rings (SSSR count). The number of aromatic nitrogens is 4. The van der Waals surface area contributed by atoms with Crippen LogP contribution in [0.5, 0.6) is 0 Å². The number of fused-ring (bicyclic) bond motifs is 1. The third kappa shape index (κ3) is 4.76. The molecular weight excluding hydrogens is 471 g/mol. The summed E-state index contributed by atoms with van der Waals surface area (Å²) in [5, 5.41) is 9.49. The summed E-state index contributed by atoms with van der Waals surface area (Å²) >= 11 is 1.69. The quantitative estimate of drug-likeness (QED) is 0.338. The molecule has 5 nitrogen and oxygen atoms in total. The first kappa shape index (κ1) is 24.0. The third-order valence-corrected chi connectivity index (χ3v) is 7.71. The fraction of sp³-hybridized carbons (Fsp3) is 0.435. The van der Waals surface area contributed by atoms with Gasteiger partial charge in [-0.3, -0.25) is 4.98 Å². The first-order valence-electron chi connectivity index (χ1n) is 10.7. The number of halogens is 4. The summed E-state index contributed by atoms with van der Waals surface area (Å²) in [7, 11) is 1.96. The fourth-order valence-corrected chi connectivity index (χ4v) is 5.67. The van der Waals surface area contributed by atoms with Crippen molar-refractivity contribution in [2.45, 2.75) is 29.6 Å². The number of piperidine rings is 1. The van der Waals surface area contributed by atoms with Gasteiger partial charge in [0, 0.05) is 49.3 Å². The van der Waals surface area contributed by atoms with E-state index in [9.17, 15) is 13.2 Å². The summed E-state index contributed by atoms with van der Waals surface area (Å²) in [5.41, 5.74) is 1.48. The molecule has 0 amide bonds. The molecule has 0 N–H and O–H groups in total. The van der Waals surface area contributed by atoms with Gasteiger partial charge in [0.2, 0.25) is 0 Å². The maximum Gasteiger partial charge on any atom is 0.416 e. The summed E-state index contributed by atoms with van der Waals surface area (Å²) in [4.78, 5) is 6.59. The van der Waals surface area contributed by atoms with E-state index in [-0.39, 0.29) is 17.8 Å². The van der Waals surface area contributed by atoms with E-state index in [1.54, 1.807) is 36.3 Å². The summed E-state index contributed by atoms with van der Waals surface area (Å²) in [6, 6.07) is 9.65. The van der Waals surface area contributed by atoms with Crippen molar-refractivity contribution in [1.82, 2.24) is 24.6 Å². The van der Waals surface area contributed by atoms with Gasteiger partial charge in [-0.15, -0.1) is 22.6 Å². The second kappa shape index (κ2) is 9.27. The molecule has 3 heterocycles. The Balaban J connectivity index is 0.00000259. The maximum absolute atomic E-state index is 12.9. The first-order valence-corrected chi connectivity index (χ1v) is 11.7. The number of benzene rings is 1. The Kier molecular flexibility index (Phi) is 6.75. The summed E-state index contributed by atoms with van der Waals surface area (Å²) < 4.78 is 40.5. The summed E-state index contributed by atoms with van der Waals surface area (Å²) in [6.07, 6.45) is 1.35. The molecule has 33 heavy (non-hydrogen) atoms. The van der Waals surface area contributed by atoms with E-state index in [1.807, 2.05) is 23.7 Å². The molecule has 2 aliphatic rings. The molecule has 0 bridgehead atoms. The van der Waals surface area contributed by atoms with Crippen LogP contribution in [0.4, 0.5) is 13.2 Å². The minimum absolute atomic E-state index is 0. The number of nitrogens with zero attached hydrogens (tertiary/aromatic N) is 5. The predicted molar refractivity (Wildman–Crippen MR) is 124 cm³/mol. The molecular formula is C23H25ClF3N5S. The second-order valence-electron chi connectivity index (χ2n) is 8.68. The van der Waals surface area contributed by atoms with E-state index >= 15 is 0 Å². The number of rotatable bonds is 7. The van der Waals surface area contributed by atoms with Crippen LogP contribution in [0.15, 0.2) is 53.9 Å². The Labute approximate surface area is 201 Å². The standard InChI is InChI=1S/C23H24F3N5S.ClH/c1-30-20(16-4-2-9-27-13-16)28-29-21(30)32-11-3-10-31-14-19-12-22(19,15-31)17-5-7-18(8-6-17)23(24,25)26;/h2,4-9,13,19H,3,10-12,14-15H2,1H3;1H/t19-,22+;/m0./s1. The highest BCUT2D eigenvalue weighted by Crippen LogP contribution is 2.59. The van der Waals surface area contributed by atoms with Crippen LogP contribution in [0.1, 0.15) is 24.0 Å². The predicted octanol–water partition coefficient (Wildman–Crippen LogP) is 5.07. The van der Waals surface area contributed by atoms with Gasteiger partial charge in [0.1, 0.15) is 0 Å². The zero-order valence-electron chi connectivity index (χ0n) is 18.1. The molecule has 1 aliphatic heterocycles. The van der Waals surface area contributed by atoms with Crippen LogP contribution in [0.3, 0.4) is 0 Å². The lowest BCUT2D eigenvalue weighted by molar-refractivity contribution is -0.137. The van der Waals surface area contributed by atoms with Crippen LogP contribution in [0.25, 0.3) is 11.4 Å². The summed E-state index contributed by atoms with van der Waals surface area (Å²) in [5.74, 6) is 2.30. The Morgan fingerprint density at radius 3 is 2.64 bits per heavy atom. The summed E-state index contributed by atoms with van der Waals surface area (Å²) in [6.45, 7) is 2.95. The SMILES string of the molecule is Cl.Cn1c(SCCCN2C[C@@H]3C[C@]3(c3ccc(C(F)(F)F)cc3)C2)nnc1-c1cccnc1. The van der Waals surface area contributed by atoms with Crippen molar-refractivity contribution in [2.75, 3.05) is 25.4 Å². The molecule has 2 fully saturated rings. The van der Waals surface area contributed by atoms with Crippen molar-refractivity contribution in [3.05, 3.63) is 59.9 Å². The van der Waals surface area contributed by atoms with Crippen molar-refractivity contribution < 1.29 is 13.2 Å². The third-order valence-electron chi connectivity index (χ3n) is 6.61. The van der Waals surface area contributed by atoms with E-state index in [0.717, 1.165) is 60.3 Å². The van der Waals surface area contributed by atoms with Crippen molar-refractivity contribution in [3.63, 3.8) is 0 Å². The minimum atomic E-state index is -4.28. The minimum Gasteiger partial charge on any atom is -0.305 e. The lowest BCUT2D eigenvalue weighted by Crippen LogP contribution is -2.28. The van der Waals surface area contributed by atoms with Crippen LogP contribution in [0, 0.1) is 5.92 Å². The Hall–Kier alpha value is -2.10. The van der Waals surface area contributed by atoms with Gasteiger partial charge >= 0.3 is 6.18 Å². The average molecular weight is 496 g/mol. The second-order valence-corrected chi connectivity index (χ2v) is 9.74. The molecule has 3 aromatic rings. The molecule has 176 valence electrons. The van der Waals surface area contributed by atoms with E-state index < -0.39 is 11.7 Å². The molecule has 1 aromatic carbocycles. The van der Waals surface area contributed by atoms with Gasteiger partial charge in [-0.2, -0.15) is 13.2 Å². The number of alkyl halides is 3. The maximum atomic E-state index is 12.9. The van der Waals surface area contributed by atoms with Gasteiger partial charge < -0.3 is 9.47 Å². The number of thioether (sulfide) groups is 1. The van der Waals surface area contributed by atoms with E-state index in [0.29, 0.717) is 5.92 Å². The molecule has 1 aliphatic carbocycles. The largest absolute Gasteiger partial charge is 0.416 e. The Bertz CT molecular complexity index is 1090. The van der Waals surface area contributed by atoms with E-state index in [1.165, 1.54) is 12.1 Å². The molecule has 1 saturated carbocycles. The van der Waals surface area contributed by atoms with Crippen LogP contribution in [-0.4, -0.2) is 50.0 Å². The van der Waals surface area contributed by atoms with Crippen LogP contribution in [0.2, 0.25) is 0 Å². The average Bonchev–Trinajstić information content (AvgIpc) is 3.16. The highest BCUT2D eigenvalue weighted by Gasteiger charge is 2.60. The van der Waals surface area contributed by atoms with Crippen LogP contribution < -0.4 is 0 Å². The molecule has 2 atom stereocenters. The van der Waals surface area contributed by atoms with E-state index in [2.05, 4.69) is 20.1 Å². The molecule has 2 aromatic heterocycles. The van der Waals surface area contributed by atoms with Crippen molar-refractivity contribution in [1.29, 1.82) is 0 Å². The zero-order chi connectivity index (χ0) is 22.3. The fourth-order valence-electron chi connectivity index (χ4n) is 4.83. The molecule has 0 unspecified atom stereocenters. The lowest BCUT2D eigenvalue weighted by atomic mass is 9.94. The van der Waals surface area contributed by atoms with Crippen LogP contribution in [-0.2, 0) is 18.6 Å². The zero-order valence-corrected chi connectivity index (χ0v) is 19.8. The number of pyridine rings is 1. The Morgan fingerprint density at radius 2 is 1.94 bits per heavy atom. The highest BCUT2D eigenvalue weighted by molar-refractivity contribution is 7.99. The van der Waals surface area contributed by atoms with Gasteiger partial charge in [0.15, 0.2) is 11.0 Å². The van der Waals surface area contributed by atoms with Crippen molar-refractivity contribution >= 4 is 24.2 Å². The lowest BCUT2D eigenvalue weighted by Gasteiger charge is -2.21. The van der Waals surface area contributed by atoms with Gasteiger partial charge in [-0.05, 0) is 55.1 Å². The number of likely N-dealkylation sites (tertiary alicyclic amines) is 1. The topological polar surface area (TPSA) is 46.8 Å². The van der Waals surface area contributed by atoms with Gasteiger partial charge in [0.25, 0.3) is 0 Å². The molecule has 1 saturated heterocycles. The number of hydrogen-bond donors (Lipinski definition) is 0. The monoisotopic (exact) mass is 495 g/mol. The van der Waals surface area contributed by atoms with Crippen molar-refractivity contribution in [3.8, 4) is 11.4 Å². The molecule has 0 radical (unpaired) electrons. The van der Waals surface area contributed by atoms with Gasteiger partial charge in [-0.25, -0.2) is 0 Å². The first-order chi connectivity index (χ1) is 15.4.